The van der Waals surface area contributed by atoms with Crippen LogP contribution in [-0.4, -0.2) is 19.8 Å². The fourth-order valence-electron chi connectivity index (χ4n) is 1.71. The highest BCUT2D eigenvalue weighted by atomic mass is 19.2. The van der Waals surface area contributed by atoms with Crippen LogP contribution in [0.5, 0.6) is 0 Å². The molecule has 0 aliphatic rings. The summed E-state index contributed by atoms with van der Waals surface area (Å²) in [4.78, 5) is 0. The summed E-state index contributed by atoms with van der Waals surface area (Å²) in [6.45, 7) is 5.95. The number of benzene rings is 1. The van der Waals surface area contributed by atoms with Gasteiger partial charge in [0.05, 0.1) is 0 Å². The summed E-state index contributed by atoms with van der Waals surface area (Å²) in [5.74, 6) is -1.62. The Hall–Kier alpha value is -1.00. The minimum atomic E-state index is -0.811. The fourth-order valence-corrected chi connectivity index (χ4v) is 1.71. The molecule has 1 aromatic carbocycles. The molecule has 17 heavy (non-hydrogen) atoms. The second kappa shape index (κ2) is 7.35. The largest absolute Gasteiger partial charge is 0.382 e. The first-order chi connectivity index (χ1) is 8.19. The van der Waals surface area contributed by atoms with E-state index in [9.17, 15) is 8.78 Å². The predicted molar refractivity (Wildman–Crippen MR) is 63.9 cm³/mol. The van der Waals surface area contributed by atoms with Gasteiger partial charge >= 0.3 is 0 Å². The summed E-state index contributed by atoms with van der Waals surface area (Å²) in [5.41, 5.74) is 0.755. The van der Waals surface area contributed by atoms with Crippen LogP contribution in [0, 0.1) is 11.6 Å². The van der Waals surface area contributed by atoms with E-state index in [2.05, 4.69) is 5.32 Å². The van der Waals surface area contributed by atoms with Gasteiger partial charge in [0.25, 0.3) is 0 Å². The van der Waals surface area contributed by atoms with Crippen molar-refractivity contribution >= 4 is 0 Å². The quantitative estimate of drug-likeness (QED) is 0.743. The summed E-state index contributed by atoms with van der Waals surface area (Å²) in [6, 6.07) is 4.02. The van der Waals surface area contributed by atoms with E-state index < -0.39 is 11.6 Å². The van der Waals surface area contributed by atoms with Gasteiger partial charge in [0.15, 0.2) is 11.6 Å². The monoisotopic (exact) mass is 243 g/mol. The Bertz CT molecular complexity index is 344. The molecule has 96 valence electrons. The summed E-state index contributed by atoms with van der Waals surface area (Å²) < 4.78 is 31.2. The number of hydrogen-bond acceptors (Lipinski definition) is 2. The van der Waals surface area contributed by atoms with Gasteiger partial charge in [-0.25, -0.2) is 8.78 Å². The van der Waals surface area contributed by atoms with E-state index in [0.717, 1.165) is 24.6 Å². The molecule has 2 nitrogen and oxygen atoms in total. The fraction of sp³-hybridized carbons (Fsp3) is 0.538. The number of halogens is 2. The minimum Gasteiger partial charge on any atom is -0.382 e. The maximum atomic E-state index is 13.1. The average Bonchev–Trinajstić information content (AvgIpc) is 2.32. The van der Waals surface area contributed by atoms with E-state index >= 15 is 0 Å². The molecule has 0 saturated heterocycles. The van der Waals surface area contributed by atoms with Crippen molar-refractivity contribution in [3.63, 3.8) is 0 Å². The molecule has 1 atom stereocenters. The molecule has 0 amide bonds. The number of nitrogens with one attached hydrogen (secondary N) is 1. The molecule has 4 heteroatoms. The molecule has 1 unspecified atom stereocenters. The zero-order valence-electron chi connectivity index (χ0n) is 10.3. The molecule has 0 bridgehead atoms. The molecule has 1 rings (SSSR count). The van der Waals surface area contributed by atoms with Crippen molar-refractivity contribution in [2.45, 2.75) is 26.3 Å². The van der Waals surface area contributed by atoms with E-state index in [4.69, 9.17) is 4.74 Å². The smallest absolute Gasteiger partial charge is 0.159 e. The lowest BCUT2D eigenvalue weighted by atomic mass is 10.0. The van der Waals surface area contributed by atoms with Gasteiger partial charge in [-0.3, -0.25) is 0 Å². The summed E-state index contributed by atoms with van der Waals surface area (Å²) in [7, 11) is 0. The maximum absolute atomic E-state index is 13.1. The van der Waals surface area contributed by atoms with Crippen LogP contribution in [-0.2, 0) is 4.74 Å². The van der Waals surface area contributed by atoms with Crippen LogP contribution in [0.2, 0.25) is 0 Å². The van der Waals surface area contributed by atoms with Crippen molar-refractivity contribution in [3.8, 4) is 0 Å². The summed E-state index contributed by atoms with van der Waals surface area (Å²) in [5, 5.41) is 3.24. The molecule has 0 saturated carbocycles. The van der Waals surface area contributed by atoms with Gasteiger partial charge in [-0.1, -0.05) is 13.0 Å². The molecule has 1 N–H and O–H groups in total. The lowest BCUT2D eigenvalue weighted by Crippen LogP contribution is -2.22. The minimum absolute atomic E-state index is 0.00153. The molecule has 0 fully saturated rings. The number of rotatable bonds is 7. The Kier molecular flexibility index (Phi) is 6.08. The molecule has 0 aliphatic heterocycles. The normalized spacial score (nSPS) is 12.7. The van der Waals surface area contributed by atoms with Crippen molar-refractivity contribution < 1.29 is 13.5 Å². The number of ether oxygens (including phenoxy) is 1. The van der Waals surface area contributed by atoms with Gasteiger partial charge < -0.3 is 10.1 Å². The van der Waals surface area contributed by atoms with Crippen molar-refractivity contribution in [1.29, 1.82) is 0 Å². The van der Waals surface area contributed by atoms with Crippen molar-refractivity contribution in [2.75, 3.05) is 19.8 Å². The maximum Gasteiger partial charge on any atom is 0.159 e. The van der Waals surface area contributed by atoms with E-state index in [1.807, 2.05) is 13.8 Å². The van der Waals surface area contributed by atoms with Crippen LogP contribution in [0.4, 0.5) is 8.78 Å². The zero-order chi connectivity index (χ0) is 12.7. The molecular weight excluding hydrogens is 224 g/mol. The lowest BCUT2D eigenvalue weighted by molar-refractivity contribution is 0.136. The molecular formula is C13H19F2NO. The van der Waals surface area contributed by atoms with Crippen LogP contribution < -0.4 is 5.32 Å². The van der Waals surface area contributed by atoms with E-state index in [-0.39, 0.29) is 6.04 Å². The van der Waals surface area contributed by atoms with Gasteiger partial charge in [-0.15, -0.1) is 0 Å². The highest BCUT2D eigenvalue weighted by Crippen LogP contribution is 2.19. The first kappa shape index (κ1) is 14.1. The van der Waals surface area contributed by atoms with E-state index in [0.29, 0.717) is 13.2 Å². The van der Waals surface area contributed by atoms with Crippen molar-refractivity contribution in [1.82, 2.24) is 5.32 Å². The Morgan fingerprint density at radius 3 is 2.59 bits per heavy atom. The predicted octanol–water partition coefficient (Wildman–Crippen LogP) is 3.04. The molecule has 0 heterocycles. The first-order valence-electron chi connectivity index (χ1n) is 5.95. The van der Waals surface area contributed by atoms with Crippen molar-refractivity contribution in [2.24, 2.45) is 0 Å². The number of hydrogen-bond donors (Lipinski definition) is 1. The first-order valence-corrected chi connectivity index (χ1v) is 5.95. The molecule has 0 spiro atoms. The Balaban J connectivity index is 2.70. The van der Waals surface area contributed by atoms with Gasteiger partial charge in [0.1, 0.15) is 0 Å². The average molecular weight is 243 g/mol. The van der Waals surface area contributed by atoms with Crippen molar-refractivity contribution in [3.05, 3.63) is 35.4 Å². The van der Waals surface area contributed by atoms with Crippen LogP contribution in [0.25, 0.3) is 0 Å². The molecule has 0 aliphatic carbocycles. The Morgan fingerprint density at radius 1 is 1.24 bits per heavy atom. The molecule has 0 radical (unpaired) electrons. The second-order valence-electron chi connectivity index (χ2n) is 3.77. The SMILES string of the molecule is CCNC(CCOCC)c1ccc(F)c(F)c1. The van der Waals surface area contributed by atoms with E-state index in [1.165, 1.54) is 6.07 Å². The standard InChI is InChI=1S/C13H19F2NO/c1-3-16-13(7-8-17-4-2)10-5-6-11(14)12(15)9-10/h5-6,9,13,16H,3-4,7-8H2,1-2H3. The van der Waals surface area contributed by atoms with Crippen LogP contribution in [0.1, 0.15) is 31.9 Å². The van der Waals surface area contributed by atoms with Gasteiger partial charge in [0, 0.05) is 19.3 Å². The van der Waals surface area contributed by atoms with Gasteiger partial charge in [0.2, 0.25) is 0 Å². The van der Waals surface area contributed by atoms with Crippen LogP contribution in [0.15, 0.2) is 18.2 Å². The topological polar surface area (TPSA) is 21.3 Å². The molecule has 0 aromatic heterocycles. The van der Waals surface area contributed by atoms with Crippen LogP contribution >= 0.6 is 0 Å². The van der Waals surface area contributed by atoms with Gasteiger partial charge in [-0.2, -0.15) is 0 Å². The highest BCUT2D eigenvalue weighted by molar-refractivity contribution is 5.21. The summed E-state index contributed by atoms with van der Waals surface area (Å²) >= 11 is 0. The third-order valence-corrected chi connectivity index (χ3v) is 2.55. The zero-order valence-corrected chi connectivity index (χ0v) is 10.3. The second-order valence-corrected chi connectivity index (χ2v) is 3.77. The highest BCUT2D eigenvalue weighted by Gasteiger charge is 2.12. The lowest BCUT2D eigenvalue weighted by Gasteiger charge is -2.18. The summed E-state index contributed by atoms with van der Waals surface area (Å²) in [6.07, 6.45) is 0.743. The third kappa shape index (κ3) is 4.40. The van der Waals surface area contributed by atoms with Gasteiger partial charge in [-0.05, 0) is 37.6 Å². The third-order valence-electron chi connectivity index (χ3n) is 2.55. The Labute approximate surface area is 101 Å². The Morgan fingerprint density at radius 2 is 2.00 bits per heavy atom. The molecule has 1 aromatic rings. The van der Waals surface area contributed by atoms with E-state index in [1.54, 1.807) is 6.07 Å². The van der Waals surface area contributed by atoms with Crippen LogP contribution in [0.3, 0.4) is 0 Å².